The normalized spacial score (nSPS) is 15.8. The van der Waals surface area contributed by atoms with Gasteiger partial charge in [0.1, 0.15) is 5.78 Å². The van der Waals surface area contributed by atoms with E-state index in [-0.39, 0.29) is 12.2 Å². The summed E-state index contributed by atoms with van der Waals surface area (Å²) in [4.78, 5) is 10.4. The van der Waals surface area contributed by atoms with Gasteiger partial charge in [0, 0.05) is 7.79 Å². The van der Waals surface area contributed by atoms with Crippen LogP contribution in [0.25, 0.3) is 0 Å². The van der Waals surface area contributed by atoms with Gasteiger partial charge in [0.2, 0.25) is 0 Å². The van der Waals surface area contributed by atoms with Crippen LogP contribution in [0.1, 0.15) is 35.0 Å². The molecule has 48 valence electrons. The molecule has 0 aliphatic rings. The number of hydrogen-bond donors (Lipinski definition) is 0. The van der Waals surface area contributed by atoms with Gasteiger partial charge in [0.15, 0.2) is 0 Å². The molecule has 0 amide bonds. The van der Waals surface area contributed by atoms with Gasteiger partial charge in [-0.3, -0.25) is 0 Å². The molecule has 0 aliphatic carbocycles. The number of Topliss-reactive ketones (excluding diaryl/α,β-unsaturated/α-hetero) is 1. The molecule has 0 aliphatic heterocycles. The van der Waals surface area contributed by atoms with Gasteiger partial charge in [-0.15, -0.1) is 0 Å². The Morgan fingerprint density at radius 1 is 1.75 bits per heavy atom. The molecule has 0 N–H and O–H groups in total. The molecule has 0 heterocycles. The molecular formula is C7H14O. The first-order valence-corrected chi connectivity index (χ1v) is 2.95. The molecule has 0 spiro atoms. The molecule has 1 atom stereocenters. The smallest absolute Gasteiger partial charge is 0.129 e. The molecule has 0 radical (unpaired) electrons. The average Bonchev–Trinajstić information content (AvgIpc) is 1.63. The summed E-state index contributed by atoms with van der Waals surface area (Å²) in [5.41, 5.74) is 0. The fraction of sp³-hybridized carbons (Fsp3) is 0.857. The Balaban J connectivity index is 3.50. The van der Waals surface area contributed by atoms with Crippen molar-refractivity contribution in [3.63, 3.8) is 0 Å². The highest BCUT2D eigenvalue weighted by atomic mass is 16.1. The van der Waals surface area contributed by atoms with Crippen molar-refractivity contribution in [1.29, 1.82) is 0 Å². The largest absolute Gasteiger partial charge is 0.300 e. The topological polar surface area (TPSA) is 17.1 Å². The molecule has 0 aromatic carbocycles. The Kier molecular flexibility index (Phi) is 2.64. The molecule has 0 fully saturated rings. The second-order valence-electron chi connectivity index (χ2n) is 2.39. The van der Waals surface area contributed by atoms with Gasteiger partial charge in [-0.2, -0.15) is 0 Å². The summed E-state index contributed by atoms with van der Waals surface area (Å²) in [7, 11) is 0. The fourth-order valence-electron chi connectivity index (χ4n) is 0.402. The lowest BCUT2D eigenvalue weighted by Crippen LogP contribution is -1.93. The summed E-state index contributed by atoms with van der Waals surface area (Å²) in [5, 5.41) is 0. The standard InChI is InChI=1S/C7H14O/c1-6(2)4-5-7(3)8/h6H,4-5H2,1-3H3/i4D. The maximum absolute atomic E-state index is 10.4. The van der Waals surface area contributed by atoms with E-state index >= 15 is 0 Å². The highest BCUT2D eigenvalue weighted by molar-refractivity contribution is 5.75. The van der Waals surface area contributed by atoms with E-state index in [9.17, 15) is 4.79 Å². The van der Waals surface area contributed by atoms with E-state index in [0.717, 1.165) is 0 Å². The third-order valence-corrected chi connectivity index (χ3v) is 0.877. The predicted molar refractivity (Wildman–Crippen MR) is 34.8 cm³/mol. The first-order chi connectivity index (χ1) is 4.04. The Bertz CT molecular complexity index is 99.1. The lowest BCUT2D eigenvalue weighted by molar-refractivity contribution is -0.117. The second kappa shape index (κ2) is 3.65. The van der Waals surface area contributed by atoms with Gasteiger partial charge in [-0.1, -0.05) is 13.8 Å². The van der Waals surface area contributed by atoms with Crippen LogP contribution in [0.2, 0.25) is 0 Å². The van der Waals surface area contributed by atoms with E-state index in [1.165, 1.54) is 6.92 Å². The van der Waals surface area contributed by atoms with E-state index in [1.807, 2.05) is 13.8 Å². The zero-order valence-electron chi connectivity index (χ0n) is 6.77. The summed E-state index contributed by atoms with van der Waals surface area (Å²) in [5.74, 6) is 0.414. The van der Waals surface area contributed by atoms with Crippen molar-refractivity contribution >= 4 is 5.78 Å². The summed E-state index contributed by atoms with van der Waals surface area (Å²) >= 11 is 0. The minimum absolute atomic E-state index is 0.115. The van der Waals surface area contributed by atoms with E-state index < -0.39 is 0 Å². The van der Waals surface area contributed by atoms with Gasteiger partial charge < -0.3 is 4.79 Å². The lowest BCUT2D eigenvalue weighted by Gasteiger charge is -1.98. The third-order valence-electron chi connectivity index (χ3n) is 0.877. The van der Waals surface area contributed by atoms with E-state index in [2.05, 4.69) is 0 Å². The average molecular weight is 115 g/mol. The quantitative estimate of drug-likeness (QED) is 0.550. The fourth-order valence-corrected chi connectivity index (χ4v) is 0.402. The van der Waals surface area contributed by atoms with E-state index in [0.29, 0.717) is 12.3 Å². The van der Waals surface area contributed by atoms with Crippen LogP contribution >= 0.6 is 0 Å². The van der Waals surface area contributed by atoms with E-state index in [4.69, 9.17) is 1.37 Å². The number of ketones is 1. The Morgan fingerprint density at radius 2 is 2.25 bits per heavy atom. The molecule has 0 saturated heterocycles. The van der Waals surface area contributed by atoms with Crippen molar-refractivity contribution in [2.24, 2.45) is 5.92 Å². The monoisotopic (exact) mass is 115 g/mol. The summed E-state index contributed by atoms with van der Waals surface area (Å²) in [6, 6.07) is 0. The summed E-state index contributed by atoms with van der Waals surface area (Å²) in [6.45, 7) is 5.45. The van der Waals surface area contributed by atoms with Gasteiger partial charge in [-0.05, 0) is 19.2 Å². The maximum atomic E-state index is 10.4. The van der Waals surface area contributed by atoms with Crippen molar-refractivity contribution in [1.82, 2.24) is 0 Å². The molecule has 1 unspecified atom stereocenters. The highest BCUT2D eigenvalue weighted by Crippen LogP contribution is 2.02. The second-order valence-corrected chi connectivity index (χ2v) is 2.39. The molecular weight excluding hydrogens is 100 g/mol. The minimum atomic E-state index is -0.206. The minimum Gasteiger partial charge on any atom is -0.300 e. The molecule has 0 saturated carbocycles. The molecule has 8 heavy (non-hydrogen) atoms. The third kappa shape index (κ3) is 5.67. The first-order valence-electron chi connectivity index (χ1n) is 3.53. The van der Waals surface area contributed by atoms with Gasteiger partial charge in [0.05, 0.1) is 0 Å². The van der Waals surface area contributed by atoms with Crippen LogP contribution in [0.5, 0.6) is 0 Å². The van der Waals surface area contributed by atoms with Crippen molar-refractivity contribution < 1.29 is 6.17 Å². The number of rotatable bonds is 3. The SMILES string of the molecule is [2H]C(CC(C)=O)C(C)C. The van der Waals surface area contributed by atoms with Crippen LogP contribution in [0.15, 0.2) is 0 Å². The highest BCUT2D eigenvalue weighted by Gasteiger charge is 1.95. The van der Waals surface area contributed by atoms with Crippen molar-refractivity contribution in [3.8, 4) is 0 Å². The van der Waals surface area contributed by atoms with Gasteiger partial charge in [0.25, 0.3) is 0 Å². The Hall–Kier alpha value is -0.330. The van der Waals surface area contributed by atoms with Crippen LogP contribution in [0.3, 0.4) is 0 Å². The molecule has 0 aromatic rings. The van der Waals surface area contributed by atoms with Crippen molar-refractivity contribution in [3.05, 3.63) is 0 Å². The number of carbonyl (C=O) groups excluding carboxylic acids is 1. The molecule has 0 rings (SSSR count). The van der Waals surface area contributed by atoms with Gasteiger partial charge in [-0.25, -0.2) is 0 Å². The van der Waals surface area contributed by atoms with Crippen LogP contribution < -0.4 is 0 Å². The van der Waals surface area contributed by atoms with Crippen LogP contribution in [0, 0.1) is 5.92 Å². The van der Waals surface area contributed by atoms with E-state index in [1.54, 1.807) is 0 Å². The zero-order valence-corrected chi connectivity index (χ0v) is 5.77. The maximum Gasteiger partial charge on any atom is 0.129 e. The molecule has 1 heteroatoms. The van der Waals surface area contributed by atoms with Crippen LogP contribution in [-0.2, 0) is 4.79 Å². The Labute approximate surface area is 52.5 Å². The van der Waals surface area contributed by atoms with Crippen molar-refractivity contribution in [2.75, 3.05) is 0 Å². The molecule has 1 nitrogen and oxygen atoms in total. The van der Waals surface area contributed by atoms with Crippen LogP contribution in [0.4, 0.5) is 0 Å². The Morgan fingerprint density at radius 3 is 2.38 bits per heavy atom. The zero-order chi connectivity index (χ0) is 7.44. The molecule has 0 aromatic heterocycles. The lowest BCUT2D eigenvalue weighted by atomic mass is 10.1. The van der Waals surface area contributed by atoms with Crippen LogP contribution in [-0.4, -0.2) is 5.78 Å². The summed E-state index contributed by atoms with van der Waals surface area (Å²) < 4.78 is 7.34. The summed E-state index contributed by atoms with van der Waals surface area (Å²) in [6.07, 6.45) is 0.194. The number of carbonyl (C=O) groups is 1. The first kappa shape index (κ1) is 5.80. The predicted octanol–water partition coefficient (Wildman–Crippen LogP) is 2.01. The van der Waals surface area contributed by atoms with Gasteiger partial charge >= 0.3 is 0 Å². The number of hydrogen-bond acceptors (Lipinski definition) is 1. The molecule has 0 bridgehead atoms. The van der Waals surface area contributed by atoms with Crippen molar-refractivity contribution in [2.45, 2.75) is 33.6 Å².